The van der Waals surface area contributed by atoms with Gasteiger partial charge in [-0.1, -0.05) is 35.7 Å². The van der Waals surface area contributed by atoms with Crippen molar-refractivity contribution in [3.8, 4) is 12.3 Å². The number of hydrazine groups is 1. The lowest BCUT2D eigenvalue weighted by Gasteiger charge is -2.09. The summed E-state index contributed by atoms with van der Waals surface area (Å²) >= 11 is 5.95. The summed E-state index contributed by atoms with van der Waals surface area (Å²) in [6.45, 7) is 0. The predicted octanol–water partition coefficient (Wildman–Crippen LogP) is 1.35. The first-order valence-corrected chi connectivity index (χ1v) is 4.31. The summed E-state index contributed by atoms with van der Waals surface area (Å²) < 4.78 is 0. The summed E-state index contributed by atoms with van der Waals surface area (Å²) in [7, 11) is 0. The van der Waals surface area contributed by atoms with Crippen LogP contribution in [-0.2, 0) is 6.42 Å². The molecule has 1 aromatic carbocycles. The standard InChI is InChI=1S/C10H11ClN2/c1-2-9(13-12)7-8-5-3-4-6-10(8)11/h1,3-6,9,13H,7,12H2. The Hall–Kier alpha value is -1.01. The summed E-state index contributed by atoms with van der Waals surface area (Å²) in [5.74, 6) is 7.78. The summed E-state index contributed by atoms with van der Waals surface area (Å²) in [6.07, 6.45) is 5.89. The third-order valence-electron chi connectivity index (χ3n) is 1.78. The Kier molecular flexibility index (Phi) is 3.78. The van der Waals surface area contributed by atoms with Crippen LogP contribution in [0, 0.1) is 12.3 Å². The van der Waals surface area contributed by atoms with Gasteiger partial charge >= 0.3 is 0 Å². The van der Waals surface area contributed by atoms with E-state index in [0.717, 1.165) is 10.6 Å². The number of hydrogen-bond acceptors (Lipinski definition) is 2. The molecule has 0 fully saturated rings. The van der Waals surface area contributed by atoms with Gasteiger partial charge in [0.2, 0.25) is 0 Å². The van der Waals surface area contributed by atoms with Crippen LogP contribution in [0.15, 0.2) is 24.3 Å². The molecule has 13 heavy (non-hydrogen) atoms. The zero-order valence-electron chi connectivity index (χ0n) is 7.13. The molecule has 2 nitrogen and oxygen atoms in total. The third kappa shape index (κ3) is 2.74. The van der Waals surface area contributed by atoms with Crippen LogP contribution in [0.3, 0.4) is 0 Å². The molecule has 0 aromatic heterocycles. The van der Waals surface area contributed by atoms with E-state index >= 15 is 0 Å². The molecule has 0 aliphatic rings. The van der Waals surface area contributed by atoms with Crippen LogP contribution >= 0.6 is 11.6 Å². The molecule has 1 rings (SSSR count). The fraction of sp³-hybridized carbons (Fsp3) is 0.200. The lowest BCUT2D eigenvalue weighted by atomic mass is 10.1. The molecule has 1 unspecified atom stereocenters. The predicted molar refractivity (Wildman–Crippen MR) is 55.1 cm³/mol. The van der Waals surface area contributed by atoms with Gasteiger partial charge in [-0.25, -0.2) is 5.43 Å². The summed E-state index contributed by atoms with van der Waals surface area (Å²) in [5.41, 5.74) is 3.54. The molecule has 68 valence electrons. The number of nitrogens with one attached hydrogen (secondary N) is 1. The van der Waals surface area contributed by atoms with Crippen LogP contribution in [-0.4, -0.2) is 6.04 Å². The molecule has 1 atom stereocenters. The van der Waals surface area contributed by atoms with Gasteiger partial charge in [0.25, 0.3) is 0 Å². The van der Waals surface area contributed by atoms with E-state index in [2.05, 4.69) is 11.3 Å². The zero-order valence-corrected chi connectivity index (χ0v) is 7.88. The molecule has 3 heteroatoms. The monoisotopic (exact) mass is 194 g/mol. The Morgan fingerprint density at radius 3 is 2.77 bits per heavy atom. The van der Waals surface area contributed by atoms with E-state index in [4.69, 9.17) is 23.9 Å². The quantitative estimate of drug-likeness (QED) is 0.433. The van der Waals surface area contributed by atoms with Crippen molar-refractivity contribution in [3.05, 3.63) is 34.9 Å². The normalized spacial score (nSPS) is 12.1. The molecule has 0 aliphatic carbocycles. The SMILES string of the molecule is C#CC(Cc1ccccc1Cl)NN. The lowest BCUT2D eigenvalue weighted by Crippen LogP contribution is -2.35. The fourth-order valence-corrected chi connectivity index (χ4v) is 1.26. The van der Waals surface area contributed by atoms with E-state index in [1.165, 1.54) is 0 Å². The molecule has 0 aliphatic heterocycles. The average molecular weight is 195 g/mol. The Bertz CT molecular complexity index is 317. The van der Waals surface area contributed by atoms with Crippen LogP contribution in [0.4, 0.5) is 0 Å². The van der Waals surface area contributed by atoms with Crippen molar-refractivity contribution >= 4 is 11.6 Å². The van der Waals surface area contributed by atoms with E-state index in [-0.39, 0.29) is 6.04 Å². The van der Waals surface area contributed by atoms with Crippen molar-refractivity contribution in [2.75, 3.05) is 0 Å². The third-order valence-corrected chi connectivity index (χ3v) is 2.15. The van der Waals surface area contributed by atoms with Crippen molar-refractivity contribution in [3.63, 3.8) is 0 Å². The highest BCUT2D eigenvalue weighted by Gasteiger charge is 2.05. The first kappa shape index (κ1) is 10.1. The Morgan fingerprint density at radius 1 is 1.54 bits per heavy atom. The van der Waals surface area contributed by atoms with Gasteiger partial charge in [0.1, 0.15) is 0 Å². The van der Waals surface area contributed by atoms with Crippen LogP contribution in [0.25, 0.3) is 0 Å². The summed E-state index contributed by atoms with van der Waals surface area (Å²) in [4.78, 5) is 0. The van der Waals surface area contributed by atoms with Crippen LogP contribution in [0.2, 0.25) is 5.02 Å². The minimum absolute atomic E-state index is 0.167. The highest BCUT2D eigenvalue weighted by Crippen LogP contribution is 2.16. The lowest BCUT2D eigenvalue weighted by molar-refractivity contribution is 0.634. The molecule has 0 amide bonds. The average Bonchev–Trinajstić information content (AvgIpc) is 2.17. The highest BCUT2D eigenvalue weighted by atomic mass is 35.5. The second kappa shape index (κ2) is 4.88. The topological polar surface area (TPSA) is 38.0 Å². The van der Waals surface area contributed by atoms with Crippen LogP contribution in [0.1, 0.15) is 5.56 Å². The van der Waals surface area contributed by atoms with Gasteiger partial charge in [-0.3, -0.25) is 5.84 Å². The highest BCUT2D eigenvalue weighted by molar-refractivity contribution is 6.31. The first-order valence-electron chi connectivity index (χ1n) is 3.93. The molecule has 0 saturated carbocycles. The molecule has 0 saturated heterocycles. The minimum Gasteiger partial charge on any atom is -0.270 e. The summed E-state index contributed by atoms with van der Waals surface area (Å²) in [6, 6.07) is 7.41. The van der Waals surface area contributed by atoms with E-state index in [1.54, 1.807) is 0 Å². The van der Waals surface area contributed by atoms with Gasteiger partial charge in [0, 0.05) is 11.4 Å². The van der Waals surface area contributed by atoms with Crippen molar-refractivity contribution in [2.45, 2.75) is 12.5 Å². The number of nitrogens with two attached hydrogens (primary N) is 1. The zero-order chi connectivity index (χ0) is 9.68. The Morgan fingerprint density at radius 2 is 2.23 bits per heavy atom. The maximum Gasteiger partial charge on any atom is 0.0855 e. The van der Waals surface area contributed by atoms with E-state index in [1.807, 2.05) is 24.3 Å². The largest absolute Gasteiger partial charge is 0.270 e. The van der Waals surface area contributed by atoms with Crippen LogP contribution < -0.4 is 11.3 Å². The maximum absolute atomic E-state index is 5.95. The first-order chi connectivity index (χ1) is 6.27. The second-order valence-electron chi connectivity index (χ2n) is 2.68. The number of terminal acetylenes is 1. The molecule has 0 heterocycles. The van der Waals surface area contributed by atoms with Crippen LogP contribution in [0.5, 0.6) is 0 Å². The van der Waals surface area contributed by atoms with E-state index in [9.17, 15) is 0 Å². The fourth-order valence-electron chi connectivity index (χ4n) is 1.05. The Labute approximate surface area is 83.1 Å². The van der Waals surface area contributed by atoms with Crippen molar-refractivity contribution in [1.29, 1.82) is 0 Å². The van der Waals surface area contributed by atoms with Gasteiger partial charge in [0.15, 0.2) is 0 Å². The second-order valence-corrected chi connectivity index (χ2v) is 3.09. The van der Waals surface area contributed by atoms with Gasteiger partial charge in [-0.15, -0.1) is 6.42 Å². The van der Waals surface area contributed by atoms with E-state index in [0.29, 0.717) is 6.42 Å². The molecule has 1 aromatic rings. The van der Waals surface area contributed by atoms with Gasteiger partial charge in [-0.2, -0.15) is 0 Å². The van der Waals surface area contributed by atoms with Crippen molar-refractivity contribution in [2.24, 2.45) is 5.84 Å². The molecule has 0 spiro atoms. The summed E-state index contributed by atoms with van der Waals surface area (Å²) in [5, 5.41) is 0.720. The number of benzene rings is 1. The number of halogens is 1. The molecule has 0 bridgehead atoms. The smallest absolute Gasteiger partial charge is 0.0855 e. The molecular formula is C10H11ClN2. The van der Waals surface area contributed by atoms with Crippen molar-refractivity contribution in [1.82, 2.24) is 5.43 Å². The van der Waals surface area contributed by atoms with Gasteiger partial charge in [-0.05, 0) is 11.6 Å². The van der Waals surface area contributed by atoms with E-state index < -0.39 is 0 Å². The Balaban J connectivity index is 2.74. The number of hydrogen-bond donors (Lipinski definition) is 2. The number of rotatable bonds is 3. The minimum atomic E-state index is -0.167. The molecular weight excluding hydrogens is 184 g/mol. The molecule has 3 N–H and O–H groups in total. The van der Waals surface area contributed by atoms with Gasteiger partial charge < -0.3 is 0 Å². The van der Waals surface area contributed by atoms with Crippen molar-refractivity contribution < 1.29 is 0 Å². The maximum atomic E-state index is 5.95. The van der Waals surface area contributed by atoms with Gasteiger partial charge in [0.05, 0.1) is 6.04 Å². The molecule has 0 radical (unpaired) electrons.